The minimum atomic E-state index is -0.433. The predicted octanol–water partition coefficient (Wildman–Crippen LogP) is 5.66. The second-order valence-corrected chi connectivity index (χ2v) is 10.1. The third-order valence-corrected chi connectivity index (χ3v) is 7.33. The fraction of sp³-hybridized carbons (Fsp3) is 0.276. The Balaban J connectivity index is 0.00000220. The number of amides is 1. The van der Waals surface area contributed by atoms with Gasteiger partial charge in [0.05, 0.1) is 25.4 Å². The molecule has 4 aromatic rings. The van der Waals surface area contributed by atoms with Gasteiger partial charge >= 0.3 is 0 Å². The lowest BCUT2D eigenvalue weighted by Gasteiger charge is -2.35. The zero-order valence-electron chi connectivity index (χ0n) is 22.2. The van der Waals surface area contributed by atoms with Gasteiger partial charge in [0.25, 0.3) is 0 Å². The van der Waals surface area contributed by atoms with Crippen LogP contribution < -0.4 is 20.1 Å². The first-order valence-electron chi connectivity index (χ1n) is 12.5. The Morgan fingerprint density at radius 2 is 1.62 bits per heavy atom. The van der Waals surface area contributed by atoms with E-state index in [1.54, 1.807) is 14.2 Å². The van der Waals surface area contributed by atoms with Crippen molar-refractivity contribution in [2.75, 3.05) is 45.3 Å². The molecule has 40 heavy (non-hydrogen) atoms. The first kappa shape index (κ1) is 31.4. The summed E-state index contributed by atoms with van der Waals surface area (Å²) in [5.74, 6) is 1.93. The molecule has 0 saturated carbocycles. The zero-order chi connectivity index (χ0) is 26.6. The van der Waals surface area contributed by atoms with Gasteiger partial charge in [-0.15, -0.1) is 24.8 Å². The number of hydrogen-bond donors (Lipinski definition) is 1. The van der Waals surface area contributed by atoms with Crippen LogP contribution in [0.4, 0.5) is 5.95 Å². The summed E-state index contributed by atoms with van der Waals surface area (Å²) in [5.41, 5.74) is 10.0. The molecule has 0 aliphatic carbocycles. The van der Waals surface area contributed by atoms with Crippen LogP contribution in [0, 0.1) is 0 Å². The van der Waals surface area contributed by atoms with Crippen LogP contribution in [0.15, 0.2) is 71.2 Å². The molecule has 11 heteroatoms. The molecule has 1 unspecified atom stereocenters. The molecular formula is C29H32BrCl2N5O3. The maximum Gasteiger partial charge on any atom is 0.226 e. The number of piperazine rings is 1. The molecule has 1 aromatic heterocycles. The standard InChI is InChI=1S/C29H30BrN5O3.2ClH/c1-37-25-11-8-20(16-26(25)38-2)23(31)18-27(36)34-12-14-35(15-13-34)29-32-24-10-9-21(30)17-22(24)28(33-29)19-6-4-3-5-7-19;;/h3-11,16-17,23H,12-15,18,31H2,1-2H3;2*1H. The molecule has 1 aliphatic rings. The van der Waals surface area contributed by atoms with E-state index in [0.29, 0.717) is 43.6 Å². The van der Waals surface area contributed by atoms with Crippen LogP contribution in [0.25, 0.3) is 22.2 Å². The van der Waals surface area contributed by atoms with Crippen molar-refractivity contribution in [2.45, 2.75) is 12.5 Å². The number of halogens is 3. The van der Waals surface area contributed by atoms with E-state index < -0.39 is 6.04 Å². The number of benzene rings is 3. The molecule has 1 saturated heterocycles. The Hall–Kier alpha value is -3.11. The van der Waals surface area contributed by atoms with Gasteiger partial charge in [-0.05, 0) is 35.9 Å². The van der Waals surface area contributed by atoms with Gasteiger partial charge in [0, 0.05) is 54.1 Å². The number of carbonyl (C=O) groups excluding carboxylic acids is 1. The lowest BCUT2D eigenvalue weighted by Crippen LogP contribution is -2.49. The number of ether oxygens (including phenoxy) is 2. The summed E-state index contributed by atoms with van der Waals surface area (Å²) in [5, 5.41) is 0.993. The number of nitrogens with two attached hydrogens (primary N) is 1. The van der Waals surface area contributed by atoms with Crippen LogP contribution in [0.2, 0.25) is 0 Å². The highest BCUT2D eigenvalue weighted by Crippen LogP contribution is 2.32. The van der Waals surface area contributed by atoms with Gasteiger partial charge in [0.2, 0.25) is 11.9 Å². The van der Waals surface area contributed by atoms with Crippen molar-refractivity contribution in [1.29, 1.82) is 0 Å². The molecule has 1 atom stereocenters. The summed E-state index contributed by atoms with van der Waals surface area (Å²) < 4.78 is 11.7. The van der Waals surface area contributed by atoms with Crippen molar-refractivity contribution >= 4 is 63.5 Å². The molecule has 1 aliphatic heterocycles. The van der Waals surface area contributed by atoms with Crippen molar-refractivity contribution in [3.05, 3.63) is 76.8 Å². The summed E-state index contributed by atoms with van der Waals surface area (Å²) in [4.78, 5) is 26.9. The summed E-state index contributed by atoms with van der Waals surface area (Å²) >= 11 is 3.58. The number of carbonyl (C=O) groups is 1. The maximum absolute atomic E-state index is 13.1. The first-order chi connectivity index (χ1) is 18.5. The van der Waals surface area contributed by atoms with E-state index in [9.17, 15) is 4.79 Å². The number of fused-ring (bicyclic) bond motifs is 1. The summed E-state index contributed by atoms with van der Waals surface area (Å²) in [6.07, 6.45) is 0.217. The van der Waals surface area contributed by atoms with Crippen LogP contribution in [-0.2, 0) is 4.79 Å². The minimum Gasteiger partial charge on any atom is -0.493 e. The van der Waals surface area contributed by atoms with Crippen LogP contribution in [0.3, 0.4) is 0 Å². The highest BCUT2D eigenvalue weighted by molar-refractivity contribution is 9.10. The number of methoxy groups -OCH3 is 2. The van der Waals surface area contributed by atoms with Gasteiger partial charge in [0.1, 0.15) is 0 Å². The largest absolute Gasteiger partial charge is 0.493 e. The fourth-order valence-electron chi connectivity index (χ4n) is 4.72. The average Bonchev–Trinajstić information content (AvgIpc) is 2.96. The summed E-state index contributed by atoms with van der Waals surface area (Å²) in [6, 6.07) is 21.3. The number of nitrogens with zero attached hydrogens (tertiary/aromatic N) is 4. The monoisotopic (exact) mass is 647 g/mol. The predicted molar refractivity (Wildman–Crippen MR) is 167 cm³/mol. The molecule has 3 aromatic carbocycles. The smallest absolute Gasteiger partial charge is 0.226 e. The topological polar surface area (TPSA) is 93.8 Å². The van der Waals surface area contributed by atoms with E-state index in [-0.39, 0.29) is 37.1 Å². The average molecular weight is 649 g/mol. The van der Waals surface area contributed by atoms with E-state index >= 15 is 0 Å². The Bertz CT molecular complexity index is 1450. The highest BCUT2D eigenvalue weighted by atomic mass is 79.9. The normalized spacial score (nSPS) is 13.7. The van der Waals surface area contributed by atoms with E-state index in [0.717, 1.165) is 32.2 Å². The Morgan fingerprint density at radius 3 is 2.30 bits per heavy atom. The lowest BCUT2D eigenvalue weighted by atomic mass is 10.0. The number of hydrogen-bond acceptors (Lipinski definition) is 7. The number of rotatable bonds is 7. The van der Waals surface area contributed by atoms with Crippen molar-refractivity contribution in [2.24, 2.45) is 5.73 Å². The zero-order valence-corrected chi connectivity index (χ0v) is 25.5. The molecule has 1 fully saturated rings. The summed E-state index contributed by atoms with van der Waals surface area (Å²) in [6.45, 7) is 2.46. The van der Waals surface area contributed by atoms with Crippen LogP contribution >= 0.6 is 40.7 Å². The molecule has 2 N–H and O–H groups in total. The van der Waals surface area contributed by atoms with Gasteiger partial charge in [-0.2, -0.15) is 0 Å². The van der Waals surface area contributed by atoms with Crippen molar-refractivity contribution in [3.63, 3.8) is 0 Å². The second-order valence-electron chi connectivity index (χ2n) is 9.19. The second kappa shape index (κ2) is 14.0. The fourth-order valence-corrected chi connectivity index (χ4v) is 5.08. The van der Waals surface area contributed by atoms with Crippen molar-refractivity contribution in [3.8, 4) is 22.8 Å². The van der Waals surface area contributed by atoms with Gasteiger partial charge in [0.15, 0.2) is 11.5 Å². The van der Waals surface area contributed by atoms with Crippen LogP contribution in [-0.4, -0.2) is 61.2 Å². The van der Waals surface area contributed by atoms with Crippen LogP contribution in [0.1, 0.15) is 18.0 Å². The molecule has 8 nitrogen and oxygen atoms in total. The molecule has 0 radical (unpaired) electrons. The van der Waals surface area contributed by atoms with E-state index in [1.807, 2.05) is 53.4 Å². The minimum absolute atomic E-state index is 0. The Morgan fingerprint density at radius 1 is 0.925 bits per heavy atom. The third kappa shape index (κ3) is 6.78. The van der Waals surface area contributed by atoms with Gasteiger partial charge in [-0.3, -0.25) is 4.79 Å². The van der Waals surface area contributed by atoms with E-state index in [1.165, 1.54) is 0 Å². The number of anilines is 1. The molecule has 1 amide bonds. The van der Waals surface area contributed by atoms with Gasteiger partial charge in [-0.1, -0.05) is 52.3 Å². The van der Waals surface area contributed by atoms with E-state index in [2.05, 4.69) is 39.0 Å². The first-order valence-corrected chi connectivity index (χ1v) is 13.3. The molecule has 212 valence electrons. The molecule has 0 spiro atoms. The highest BCUT2D eigenvalue weighted by Gasteiger charge is 2.25. The molecule has 5 rings (SSSR count). The summed E-state index contributed by atoms with van der Waals surface area (Å²) in [7, 11) is 3.17. The molecule has 0 bridgehead atoms. The molecule has 2 heterocycles. The molecular weight excluding hydrogens is 617 g/mol. The quantitative estimate of drug-likeness (QED) is 0.276. The Kier molecular flexibility index (Phi) is 11.0. The maximum atomic E-state index is 13.1. The van der Waals surface area contributed by atoms with Crippen molar-refractivity contribution < 1.29 is 14.3 Å². The SMILES string of the molecule is COc1ccc(C(N)CC(=O)N2CCN(c3nc(-c4ccccc4)c4cc(Br)ccc4n3)CC2)cc1OC.Cl.Cl. The van der Waals surface area contributed by atoms with Crippen molar-refractivity contribution in [1.82, 2.24) is 14.9 Å². The lowest BCUT2D eigenvalue weighted by molar-refractivity contribution is -0.131. The third-order valence-electron chi connectivity index (χ3n) is 6.84. The van der Waals surface area contributed by atoms with Crippen LogP contribution in [0.5, 0.6) is 11.5 Å². The van der Waals surface area contributed by atoms with E-state index in [4.69, 9.17) is 25.2 Å². The van der Waals surface area contributed by atoms with Gasteiger partial charge < -0.3 is 25.0 Å². The number of aromatic nitrogens is 2. The van der Waals surface area contributed by atoms with Gasteiger partial charge in [-0.25, -0.2) is 9.97 Å². The Labute approximate surface area is 254 Å².